The SMILES string of the molecule is CC[C@H](Nc1ncnc2c1ncn2C(C)=O)c1nc2cccc(F)c2c(=O)n1-c1ccccc1. The van der Waals surface area contributed by atoms with Gasteiger partial charge in [0.1, 0.15) is 29.7 Å². The van der Waals surface area contributed by atoms with E-state index in [1.165, 1.54) is 40.8 Å². The lowest BCUT2D eigenvalue weighted by Crippen LogP contribution is -2.28. The van der Waals surface area contributed by atoms with E-state index in [0.717, 1.165) is 0 Å². The normalized spacial score (nSPS) is 12.2. The van der Waals surface area contributed by atoms with Gasteiger partial charge in [-0.1, -0.05) is 31.2 Å². The van der Waals surface area contributed by atoms with Crippen molar-refractivity contribution < 1.29 is 9.18 Å². The van der Waals surface area contributed by atoms with Gasteiger partial charge < -0.3 is 5.32 Å². The highest BCUT2D eigenvalue weighted by Crippen LogP contribution is 2.27. The Kier molecular flexibility index (Phi) is 5.33. The number of nitrogens with one attached hydrogen (secondary N) is 1. The van der Waals surface area contributed by atoms with Crippen molar-refractivity contribution in [1.82, 2.24) is 29.1 Å². The first-order chi connectivity index (χ1) is 16.5. The van der Waals surface area contributed by atoms with Crippen LogP contribution in [-0.2, 0) is 0 Å². The standard InChI is InChI=1S/C24H20FN7O2/c1-3-17(29-21-20-23(27-12-26-21)31(13-28-20)14(2)33)22-30-18-11-7-10-16(25)19(18)24(34)32(22)15-8-5-4-6-9-15/h4-13,17H,3H2,1-2H3,(H,26,27,29)/t17-/m0/s1. The summed E-state index contributed by atoms with van der Waals surface area (Å²) in [6.07, 6.45) is 3.26. The fourth-order valence-corrected chi connectivity index (χ4v) is 3.95. The molecule has 0 aliphatic heterocycles. The van der Waals surface area contributed by atoms with Crippen LogP contribution in [0, 0.1) is 5.82 Å². The molecule has 0 fully saturated rings. The Bertz CT molecular complexity index is 1590. The van der Waals surface area contributed by atoms with E-state index in [-0.39, 0.29) is 16.8 Å². The number of benzene rings is 2. The molecule has 3 aromatic heterocycles. The van der Waals surface area contributed by atoms with Gasteiger partial charge in [0.25, 0.3) is 5.56 Å². The summed E-state index contributed by atoms with van der Waals surface area (Å²) in [5, 5.41) is 3.23. The van der Waals surface area contributed by atoms with E-state index in [4.69, 9.17) is 4.98 Å². The van der Waals surface area contributed by atoms with Crippen molar-refractivity contribution in [3.63, 3.8) is 0 Å². The van der Waals surface area contributed by atoms with E-state index in [1.807, 2.05) is 13.0 Å². The van der Waals surface area contributed by atoms with Gasteiger partial charge in [-0.05, 0) is 30.7 Å². The van der Waals surface area contributed by atoms with Crippen molar-refractivity contribution >= 4 is 33.8 Å². The number of carbonyl (C=O) groups excluding carboxylic acids is 1. The number of imidazole rings is 1. The van der Waals surface area contributed by atoms with Gasteiger partial charge in [0.2, 0.25) is 5.91 Å². The lowest BCUT2D eigenvalue weighted by molar-refractivity contribution is 0.0940. The molecular weight excluding hydrogens is 437 g/mol. The van der Waals surface area contributed by atoms with Crippen LogP contribution in [0.3, 0.4) is 0 Å². The summed E-state index contributed by atoms with van der Waals surface area (Å²) >= 11 is 0. The predicted octanol–water partition coefficient (Wildman–Crippen LogP) is 3.89. The van der Waals surface area contributed by atoms with E-state index >= 15 is 0 Å². The summed E-state index contributed by atoms with van der Waals surface area (Å²) in [5.74, 6) is -0.0607. The molecule has 0 aliphatic carbocycles. The number of halogens is 1. The number of carbonyl (C=O) groups is 1. The Balaban J connectivity index is 1.71. The van der Waals surface area contributed by atoms with Crippen LogP contribution in [-0.4, -0.2) is 35.0 Å². The highest BCUT2D eigenvalue weighted by atomic mass is 19.1. The van der Waals surface area contributed by atoms with E-state index in [2.05, 4.69) is 20.3 Å². The van der Waals surface area contributed by atoms with Crippen LogP contribution >= 0.6 is 0 Å². The molecule has 0 amide bonds. The molecule has 0 saturated carbocycles. The van der Waals surface area contributed by atoms with Crippen molar-refractivity contribution in [3.05, 3.63) is 83.2 Å². The average Bonchev–Trinajstić information content (AvgIpc) is 3.28. The zero-order valence-electron chi connectivity index (χ0n) is 18.4. The Morgan fingerprint density at radius 1 is 1.09 bits per heavy atom. The summed E-state index contributed by atoms with van der Waals surface area (Å²) in [7, 11) is 0. The molecule has 34 heavy (non-hydrogen) atoms. The van der Waals surface area contributed by atoms with Crippen LogP contribution in [0.1, 0.15) is 36.9 Å². The second kappa shape index (κ2) is 8.47. The molecule has 10 heteroatoms. The van der Waals surface area contributed by atoms with Crippen LogP contribution in [0.5, 0.6) is 0 Å². The molecule has 0 unspecified atom stereocenters. The van der Waals surface area contributed by atoms with Crippen LogP contribution < -0.4 is 10.9 Å². The quantitative estimate of drug-likeness (QED) is 0.427. The van der Waals surface area contributed by atoms with Gasteiger partial charge in [-0.3, -0.25) is 18.7 Å². The van der Waals surface area contributed by atoms with E-state index in [0.29, 0.717) is 34.9 Å². The lowest BCUT2D eigenvalue weighted by atomic mass is 10.1. The Labute approximate surface area is 192 Å². The second-order valence-electron chi connectivity index (χ2n) is 7.71. The van der Waals surface area contributed by atoms with E-state index in [9.17, 15) is 14.0 Å². The molecule has 0 radical (unpaired) electrons. The van der Waals surface area contributed by atoms with Crippen LogP contribution in [0.25, 0.3) is 27.8 Å². The van der Waals surface area contributed by atoms with Crippen LogP contribution in [0.15, 0.2) is 66.0 Å². The first kappa shape index (κ1) is 21.4. The van der Waals surface area contributed by atoms with Gasteiger partial charge in [-0.15, -0.1) is 0 Å². The Hall–Kier alpha value is -4.47. The number of para-hydroxylation sites is 1. The van der Waals surface area contributed by atoms with Gasteiger partial charge in [0, 0.05) is 6.92 Å². The van der Waals surface area contributed by atoms with Gasteiger partial charge in [0.05, 0.1) is 17.2 Å². The van der Waals surface area contributed by atoms with Crippen LogP contribution in [0.4, 0.5) is 10.2 Å². The summed E-state index contributed by atoms with van der Waals surface area (Å²) < 4.78 is 17.4. The fraction of sp³-hybridized carbons (Fsp3) is 0.167. The minimum absolute atomic E-state index is 0.0745. The molecular formula is C24H20FN7O2. The molecule has 0 aliphatic rings. The molecule has 0 saturated heterocycles. The zero-order valence-corrected chi connectivity index (χ0v) is 18.4. The number of rotatable bonds is 5. The maximum absolute atomic E-state index is 14.6. The average molecular weight is 457 g/mol. The first-order valence-electron chi connectivity index (χ1n) is 10.7. The zero-order chi connectivity index (χ0) is 23.8. The first-order valence-corrected chi connectivity index (χ1v) is 10.7. The predicted molar refractivity (Wildman–Crippen MR) is 126 cm³/mol. The smallest absolute Gasteiger partial charge is 0.269 e. The number of anilines is 1. The van der Waals surface area contributed by atoms with Gasteiger partial charge in [0.15, 0.2) is 17.0 Å². The topological polar surface area (TPSA) is 108 Å². The van der Waals surface area contributed by atoms with Crippen molar-refractivity contribution in [1.29, 1.82) is 0 Å². The van der Waals surface area contributed by atoms with Crippen molar-refractivity contribution in [3.8, 4) is 5.69 Å². The van der Waals surface area contributed by atoms with Crippen molar-refractivity contribution in [2.75, 3.05) is 5.32 Å². The fourth-order valence-electron chi connectivity index (χ4n) is 3.95. The summed E-state index contributed by atoms with van der Waals surface area (Å²) in [6, 6.07) is 12.9. The summed E-state index contributed by atoms with van der Waals surface area (Å²) in [5.41, 5.74) is 1.11. The molecule has 3 heterocycles. The van der Waals surface area contributed by atoms with Crippen LogP contribution in [0.2, 0.25) is 0 Å². The highest BCUT2D eigenvalue weighted by Gasteiger charge is 2.23. The molecule has 9 nitrogen and oxygen atoms in total. The Morgan fingerprint density at radius 3 is 2.62 bits per heavy atom. The molecule has 5 aromatic rings. The molecule has 1 atom stereocenters. The van der Waals surface area contributed by atoms with Crippen molar-refractivity contribution in [2.45, 2.75) is 26.3 Å². The molecule has 1 N–H and O–H groups in total. The van der Waals surface area contributed by atoms with E-state index in [1.54, 1.807) is 30.3 Å². The number of fused-ring (bicyclic) bond motifs is 2. The Morgan fingerprint density at radius 2 is 1.88 bits per heavy atom. The summed E-state index contributed by atoms with van der Waals surface area (Å²) in [6.45, 7) is 3.35. The minimum Gasteiger partial charge on any atom is -0.358 e. The lowest BCUT2D eigenvalue weighted by Gasteiger charge is -2.22. The minimum atomic E-state index is -0.625. The maximum atomic E-state index is 14.6. The highest BCUT2D eigenvalue weighted by molar-refractivity contribution is 5.91. The summed E-state index contributed by atoms with van der Waals surface area (Å²) in [4.78, 5) is 42.9. The monoisotopic (exact) mass is 457 g/mol. The number of nitrogens with zero attached hydrogens (tertiary/aromatic N) is 6. The van der Waals surface area contributed by atoms with Gasteiger partial charge >= 0.3 is 0 Å². The molecule has 0 spiro atoms. The van der Waals surface area contributed by atoms with E-state index < -0.39 is 17.4 Å². The molecule has 0 bridgehead atoms. The number of hydrogen-bond donors (Lipinski definition) is 1. The third-order valence-corrected chi connectivity index (χ3v) is 5.59. The number of hydrogen-bond acceptors (Lipinski definition) is 7. The maximum Gasteiger partial charge on any atom is 0.269 e. The molecule has 2 aromatic carbocycles. The number of aromatic nitrogens is 6. The van der Waals surface area contributed by atoms with Crippen molar-refractivity contribution in [2.24, 2.45) is 0 Å². The van der Waals surface area contributed by atoms with Gasteiger partial charge in [-0.25, -0.2) is 24.3 Å². The largest absolute Gasteiger partial charge is 0.358 e. The third-order valence-electron chi connectivity index (χ3n) is 5.59. The molecule has 5 rings (SSSR count). The van der Waals surface area contributed by atoms with Gasteiger partial charge in [-0.2, -0.15) is 0 Å². The third kappa shape index (κ3) is 3.49. The second-order valence-corrected chi connectivity index (χ2v) is 7.71. The molecule has 170 valence electrons.